The monoisotopic (exact) mass is 256 g/mol. The van der Waals surface area contributed by atoms with E-state index in [0.717, 1.165) is 12.1 Å². The van der Waals surface area contributed by atoms with Crippen molar-refractivity contribution in [1.82, 2.24) is 0 Å². The molecule has 6 heteroatoms. The summed E-state index contributed by atoms with van der Waals surface area (Å²) in [5.41, 5.74) is 5.47. The highest BCUT2D eigenvalue weighted by atomic mass is 19.2. The van der Waals surface area contributed by atoms with Crippen molar-refractivity contribution in [2.24, 2.45) is 11.7 Å². The molecule has 1 amide bonds. The normalized spacial score (nSPS) is 22.2. The van der Waals surface area contributed by atoms with Crippen LogP contribution in [-0.4, -0.2) is 11.9 Å². The molecule has 2 atom stereocenters. The second-order valence-electron chi connectivity index (χ2n) is 4.13. The van der Waals surface area contributed by atoms with Crippen LogP contribution in [0, 0.1) is 23.4 Å². The van der Waals surface area contributed by atoms with Gasteiger partial charge in [0.1, 0.15) is 0 Å². The molecule has 1 aliphatic rings. The number of hydrogen-bond donors (Lipinski definition) is 2. The molecule has 1 aliphatic carbocycles. The highest BCUT2D eigenvalue weighted by Gasteiger charge is 2.23. The van der Waals surface area contributed by atoms with Crippen molar-refractivity contribution >= 4 is 11.6 Å². The number of anilines is 1. The number of rotatable bonds is 2. The maximum absolute atomic E-state index is 12.9. The molecule has 0 spiro atoms. The summed E-state index contributed by atoms with van der Waals surface area (Å²) < 4.78 is 38.6. The lowest BCUT2D eigenvalue weighted by Gasteiger charge is -2.11. The van der Waals surface area contributed by atoms with Crippen molar-refractivity contribution in [3.63, 3.8) is 0 Å². The Hall–Kier alpha value is -1.82. The zero-order valence-electron chi connectivity index (χ0n) is 9.29. The quantitative estimate of drug-likeness (QED) is 0.627. The number of halogens is 3. The van der Waals surface area contributed by atoms with Crippen LogP contribution >= 0.6 is 0 Å². The van der Waals surface area contributed by atoms with Crippen LogP contribution in [-0.2, 0) is 4.79 Å². The Labute approximate surface area is 101 Å². The average molecular weight is 256 g/mol. The number of carbonyl (C=O) groups is 1. The summed E-state index contributed by atoms with van der Waals surface area (Å²) in [6.45, 7) is 0. The zero-order valence-corrected chi connectivity index (χ0v) is 9.29. The van der Waals surface area contributed by atoms with Crippen molar-refractivity contribution in [3.8, 4) is 0 Å². The molecule has 0 aromatic heterocycles. The van der Waals surface area contributed by atoms with Gasteiger partial charge in [0, 0.05) is 23.9 Å². The van der Waals surface area contributed by atoms with E-state index >= 15 is 0 Å². The standard InChI is InChI=1S/C12H11F3N2O/c13-9-4-8(5-10(14)11(9)15)17-12(18)6-1-2-7(16)3-6/h1-2,4-7H,3,16H2,(H,17,18). The number of benzene rings is 1. The summed E-state index contributed by atoms with van der Waals surface area (Å²) >= 11 is 0. The van der Waals surface area contributed by atoms with Gasteiger partial charge in [-0.15, -0.1) is 0 Å². The molecular weight excluding hydrogens is 245 g/mol. The first-order valence-electron chi connectivity index (χ1n) is 5.36. The smallest absolute Gasteiger partial charge is 0.231 e. The van der Waals surface area contributed by atoms with Crippen LogP contribution in [0.5, 0.6) is 0 Å². The fraction of sp³-hybridized carbons (Fsp3) is 0.250. The lowest BCUT2D eigenvalue weighted by atomic mass is 10.1. The first-order chi connectivity index (χ1) is 8.47. The molecule has 2 unspecified atom stereocenters. The van der Waals surface area contributed by atoms with Crippen molar-refractivity contribution in [1.29, 1.82) is 0 Å². The van der Waals surface area contributed by atoms with E-state index in [1.165, 1.54) is 0 Å². The molecule has 2 rings (SSSR count). The van der Waals surface area contributed by atoms with Gasteiger partial charge >= 0.3 is 0 Å². The van der Waals surface area contributed by atoms with E-state index in [9.17, 15) is 18.0 Å². The van der Waals surface area contributed by atoms with Crippen LogP contribution in [0.1, 0.15) is 6.42 Å². The average Bonchev–Trinajstić information content (AvgIpc) is 2.72. The number of nitrogens with two attached hydrogens (primary N) is 1. The molecule has 1 aromatic carbocycles. The van der Waals surface area contributed by atoms with E-state index < -0.39 is 29.3 Å². The van der Waals surface area contributed by atoms with E-state index in [2.05, 4.69) is 5.32 Å². The second-order valence-corrected chi connectivity index (χ2v) is 4.13. The highest BCUT2D eigenvalue weighted by Crippen LogP contribution is 2.21. The maximum Gasteiger partial charge on any atom is 0.231 e. The van der Waals surface area contributed by atoms with E-state index in [-0.39, 0.29) is 11.7 Å². The summed E-state index contributed by atoms with van der Waals surface area (Å²) in [7, 11) is 0. The highest BCUT2D eigenvalue weighted by molar-refractivity contribution is 5.94. The van der Waals surface area contributed by atoms with Gasteiger partial charge in [0.15, 0.2) is 17.5 Å². The minimum Gasteiger partial charge on any atom is -0.325 e. The van der Waals surface area contributed by atoms with Crippen molar-refractivity contribution in [2.45, 2.75) is 12.5 Å². The fourth-order valence-corrected chi connectivity index (χ4v) is 1.78. The molecular formula is C12H11F3N2O. The lowest BCUT2D eigenvalue weighted by molar-refractivity contribution is -0.118. The number of hydrogen-bond acceptors (Lipinski definition) is 2. The van der Waals surface area contributed by atoms with Crippen LogP contribution in [0.2, 0.25) is 0 Å². The Kier molecular flexibility index (Phi) is 3.38. The Bertz CT molecular complexity index is 493. The van der Waals surface area contributed by atoms with Gasteiger partial charge in [0.25, 0.3) is 0 Å². The fourth-order valence-electron chi connectivity index (χ4n) is 1.78. The number of carbonyl (C=O) groups excluding carboxylic acids is 1. The first kappa shape index (κ1) is 12.6. The first-order valence-corrected chi connectivity index (χ1v) is 5.36. The van der Waals surface area contributed by atoms with Crippen LogP contribution in [0.3, 0.4) is 0 Å². The molecule has 18 heavy (non-hydrogen) atoms. The van der Waals surface area contributed by atoms with E-state index in [4.69, 9.17) is 5.73 Å². The minimum atomic E-state index is -1.56. The predicted molar refractivity (Wildman–Crippen MR) is 60.2 cm³/mol. The van der Waals surface area contributed by atoms with Gasteiger partial charge in [-0.3, -0.25) is 4.79 Å². The van der Waals surface area contributed by atoms with Crippen LogP contribution < -0.4 is 11.1 Å². The molecule has 0 radical (unpaired) electrons. The minimum absolute atomic E-state index is 0.120. The van der Waals surface area contributed by atoms with Gasteiger partial charge in [0.2, 0.25) is 5.91 Å². The molecule has 0 bridgehead atoms. The largest absolute Gasteiger partial charge is 0.325 e. The molecule has 3 N–H and O–H groups in total. The molecule has 0 saturated carbocycles. The van der Waals surface area contributed by atoms with E-state index in [0.29, 0.717) is 6.42 Å². The molecule has 0 saturated heterocycles. The number of amides is 1. The van der Waals surface area contributed by atoms with Gasteiger partial charge in [-0.05, 0) is 6.42 Å². The van der Waals surface area contributed by atoms with Crippen LogP contribution in [0.25, 0.3) is 0 Å². The van der Waals surface area contributed by atoms with Crippen molar-refractivity contribution in [3.05, 3.63) is 41.7 Å². The number of nitrogens with one attached hydrogen (secondary N) is 1. The second kappa shape index (κ2) is 4.81. The third kappa shape index (κ3) is 2.53. The summed E-state index contributed by atoms with van der Waals surface area (Å²) in [4.78, 5) is 11.7. The third-order valence-corrected chi connectivity index (χ3v) is 2.70. The van der Waals surface area contributed by atoms with E-state index in [1.54, 1.807) is 12.2 Å². The summed E-state index contributed by atoms with van der Waals surface area (Å²) in [6.07, 6.45) is 3.77. The molecule has 3 nitrogen and oxygen atoms in total. The Morgan fingerprint density at radius 3 is 2.33 bits per heavy atom. The van der Waals surface area contributed by atoms with Gasteiger partial charge < -0.3 is 11.1 Å². The molecule has 0 heterocycles. The van der Waals surface area contributed by atoms with Crippen LogP contribution in [0.4, 0.5) is 18.9 Å². The molecule has 0 fully saturated rings. The van der Waals surface area contributed by atoms with Gasteiger partial charge in [0.05, 0.1) is 5.92 Å². The van der Waals surface area contributed by atoms with Gasteiger partial charge in [-0.25, -0.2) is 13.2 Å². The SMILES string of the molecule is NC1C=CC(C(=O)Nc2cc(F)c(F)c(F)c2)C1. The van der Waals surface area contributed by atoms with Crippen molar-refractivity contribution in [2.75, 3.05) is 5.32 Å². The predicted octanol–water partition coefficient (Wildman–Crippen LogP) is 1.95. The van der Waals surface area contributed by atoms with Gasteiger partial charge in [-0.1, -0.05) is 12.2 Å². The van der Waals surface area contributed by atoms with Gasteiger partial charge in [-0.2, -0.15) is 0 Å². The van der Waals surface area contributed by atoms with Crippen LogP contribution in [0.15, 0.2) is 24.3 Å². The third-order valence-electron chi connectivity index (χ3n) is 2.70. The molecule has 1 aromatic rings. The Morgan fingerprint density at radius 2 is 1.83 bits per heavy atom. The van der Waals surface area contributed by atoms with Crippen molar-refractivity contribution < 1.29 is 18.0 Å². The Morgan fingerprint density at radius 1 is 1.22 bits per heavy atom. The molecule has 96 valence electrons. The molecule has 0 aliphatic heterocycles. The van der Waals surface area contributed by atoms with E-state index in [1.807, 2.05) is 0 Å². The maximum atomic E-state index is 12.9. The summed E-state index contributed by atoms with van der Waals surface area (Å²) in [5, 5.41) is 2.32. The summed E-state index contributed by atoms with van der Waals surface area (Å²) in [6, 6.07) is 1.27. The Balaban J connectivity index is 2.10. The topological polar surface area (TPSA) is 55.1 Å². The lowest BCUT2D eigenvalue weighted by Crippen LogP contribution is -2.24. The zero-order chi connectivity index (χ0) is 13.3. The summed E-state index contributed by atoms with van der Waals surface area (Å²) in [5.74, 6) is -5.11.